The van der Waals surface area contributed by atoms with Crippen LogP contribution in [0.5, 0.6) is 11.5 Å². The predicted octanol–water partition coefficient (Wildman–Crippen LogP) is 3.37. The van der Waals surface area contributed by atoms with Gasteiger partial charge >= 0.3 is 0 Å². The van der Waals surface area contributed by atoms with Crippen molar-refractivity contribution >= 4 is 5.91 Å². The third-order valence-corrected chi connectivity index (χ3v) is 5.22. The molecule has 144 valence electrons. The zero-order valence-corrected chi connectivity index (χ0v) is 16.3. The number of benzene rings is 2. The molecule has 0 saturated heterocycles. The number of carbonyl (C=O) groups excluding carboxylic acids is 1. The summed E-state index contributed by atoms with van der Waals surface area (Å²) in [5, 5.41) is 3.15. The SMILES string of the molecule is CCN(CC)C(CNC(=O)C1COc2ccccc21)c1cccc(OC)c1. The van der Waals surface area contributed by atoms with E-state index in [1.54, 1.807) is 7.11 Å². The van der Waals surface area contributed by atoms with Crippen molar-refractivity contribution in [1.29, 1.82) is 0 Å². The number of ether oxygens (including phenoxy) is 2. The highest BCUT2D eigenvalue weighted by Gasteiger charge is 2.30. The van der Waals surface area contributed by atoms with E-state index in [0.717, 1.165) is 35.7 Å². The molecule has 1 N–H and O–H groups in total. The fraction of sp³-hybridized carbons (Fsp3) is 0.409. The number of para-hydroxylation sites is 1. The van der Waals surface area contributed by atoms with Gasteiger partial charge < -0.3 is 14.8 Å². The van der Waals surface area contributed by atoms with Crippen molar-refractivity contribution < 1.29 is 14.3 Å². The summed E-state index contributed by atoms with van der Waals surface area (Å²) in [6, 6.07) is 15.9. The molecule has 0 spiro atoms. The lowest BCUT2D eigenvalue weighted by Crippen LogP contribution is -2.40. The molecule has 1 heterocycles. The Morgan fingerprint density at radius 1 is 1.22 bits per heavy atom. The van der Waals surface area contributed by atoms with Crippen molar-refractivity contribution in [3.05, 3.63) is 59.7 Å². The lowest BCUT2D eigenvalue weighted by molar-refractivity contribution is -0.123. The van der Waals surface area contributed by atoms with Gasteiger partial charge in [0.25, 0.3) is 0 Å². The van der Waals surface area contributed by atoms with E-state index in [1.165, 1.54) is 0 Å². The van der Waals surface area contributed by atoms with E-state index in [4.69, 9.17) is 9.47 Å². The molecule has 0 radical (unpaired) electrons. The molecule has 0 aliphatic carbocycles. The first-order chi connectivity index (χ1) is 13.2. The number of hydrogen-bond acceptors (Lipinski definition) is 4. The molecule has 2 aromatic rings. The van der Waals surface area contributed by atoms with Gasteiger partial charge in [-0.05, 0) is 36.9 Å². The van der Waals surface area contributed by atoms with Crippen LogP contribution in [0.3, 0.4) is 0 Å². The molecular formula is C22H28N2O3. The molecule has 5 heteroatoms. The summed E-state index contributed by atoms with van der Waals surface area (Å²) in [7, 11) is 1.67. The molecule has 2 aromatic carbocycles. The van der Waals surface area contributed by atoms with Crippen LogP contribution in [0.15, 0.2) is 48.5 Å². The van der Waals surface area contributed by atoms with Crippen LogP contribution in [0.25, 0.3) is 0 Å². The first-order valence-electron chi connectivity index (χ1n) is 9.55. The number of methoxy groups -OCH3 is 1. The third-order valence-electron chi connectivity index (χ3n) is 5.22. The zero-order chi connectivity index (χ0) is 19.2. The summed E-state index contributed by atoms with van der Waals surface area (Å²) >= 11 is 0. The Bertz CT molecular complexity index is 774. The van der Waals surface area contributed by atoms with Gasteiger partial charge in [0.2, 0.25) is 5.91 Å². The number of fused-ring (bicyclic) bond motifs is 1. The second kappa shape index (κ2) is 8.91. The highest BCUT2D eigenvalue weighted by Crippen LogP contribution is 2.33. The minimum Gasteiger partial charge on any atom is -0.497 e. The fourth-order valence-electron chi connectivity index (χ4n) is 3.67. The maximum atomic E-state index is 12.8. The highest BCUT2D eigenvalue weighted by atomic mass is 16.5. The van der Waals surface area contributed by atoms with E-state index >= 15 is 0 Å². The Labute approximate surface area is 161 Å². The van der Waals surface area contributed by atoms with E-state index in [0.29, 0.717) is 13.2 Å². The summed E-state index contributed by atoms with van der Waals surface area (Å²) in [5.41, 5.74) is 2.11. The van der Waals surface area contributed by atoms with Gasteiger partial charge in [-0.1, -0.05) is 44.2 Å². The number of nitrogens with zero attached hydrogens (tertiary/aromatic N) is 1. The van der Waals surface area contributed by atoms with E-state index in [1.807, 2.05) is 42.5 Å². The van der Waals surface area contributed by atoms with Crippen molar-refractivity contribution in [2.24, 2.45) is 0 Å². The van der Waals surface area contributed by atoms with Crippen molar-refractivity contribution in [2.45, 2.75) is 25.8 Å². The zero-order valence-electron chi connectivity index (χ0n) is 16.3. The standard InChI is InChI=1S/C22H28N2O3/c1-4-24(5-2)20(16-9-8-10-17(13-16)26-3)14-23-22(25)19-15-27-21-12-7-6-11-18(19)21/h6-13,19-20H,4-5,14-15H2,1-3H3,(H,23,25). The van der Waals surface area contributed by atoms with Gasteiger partial charge in [-0.3, -0.25) is 9.69 Å². The topological polar surface area (TPSA) is 50.8 Å². The van der Waals surface area contributed by atoms with Gasteiger partial charge in [0.1, 0.15) is 24.0 Å². The molecule has 1 amide bonds. The maximum Gasteiger partial charge on any atom is 0.231 e. The summed E-state index contributed by atoms with van der Waals surface area (Å²) in [6.45, 7) is 7.04. The van der Waals surface area contributed by atoms with Crippen molar-refractivity contribution in [3.63, 3.8) is 0 Å². The van der Waals surface area contributed by atoms with Gasteiger partial charge in [0.15, 0.2) is 0 Å². The van der Waals surface area contributed by atoms with Gasteiger partial charge in [-0.15, -0.1) is 0 Å². The Balaban J connectivity index is 1.74. The van der Waals surface area contributed by atoms with Crippen LogP contribution in [0, 0.1) is 0 Å². The minimum absolute atomic E-state index is 0.0139. The number of nitrogens with one attached hydrogen (secondary N) is 1. The average molecular weight is 368 g/mol. The minimum atomic E-state index is -0.246. The van der Waals surface area contributed by atoms with Crippen LogP contribution >= 0.6 is 0 Å². The van der Waals surface area contributed by atoms with Crippen LogP contribution in [0.1, 0.15) is 36.9 Å². The van der Waals surface area contributed by atoms with Crippen LogP contribution in [-0.2, 0) is 4.79 Å². The predicted molar refractivity (Wildman–Crippen MR) is 106 cm³/mol. The van der Waals surface area contributed by atoms with Gasteiger partial charge in [-0.25, -0.2) is 0 Å². The Morgan fingerprint density at radius 3 is 2.74 bits per heavy atom. The summed E-state index contributed by atoms with van der Waals surface area (Å²) in [4.78, 5) is 15.2. The summed E-state index contributed by atoms with van der Waals surface area (Å²) in [6.07, 6.45) is 0. The molecule has 2 atom stereocenters. The normalized spacial score (nSPS) is 16.5. The fourth-order valence-corrected chi connectivity index (χ4v) is 3.67. The van der Waals surface area contributed by atoms with Crippen LogP contribution < -0.4 is 14.8 Å². The Morgan fingerprint density at radius 2 is 2.00 bits per heavy atom. The second-order valence-electron chi connectivity index (χ2n) is 6.66. The molecule has 1 aliphatic rings. The van der Waals surface area contributed by atoms with Crippen LogP contribution in [0.4, 0.5) is 0 Å². The molecule has 0 bridgehead atoms. The average Bonchev–Trinajstić information content (AvgIpc) is 3.15. The van der Waals surface area contributed by atoms with Crippen LogP contribution in [-0.4, -0.2) is 44.2 Å². The smallest absolute Gasteiger partial charge is 0.231 e. The van der Waals surface area contributed by atoms with E-state index in [2.05, 4.69) is 30.1 Å². The van der Waals surface area contributed by atoms with Crippen molar-refractivity contribution in [3.8, 4) is 11.5 Å². The number of likely N-dealkylation sites (N-methyl/N-ethyl adjacent to an activating group) is 1. The molecule has 2 unspecified atom stereocenters. The molecule has 0 aromatic heterocycles. The third kappa shape index (κ3) is 4.25. The number of hydrogen-bond donors (Lipinski definition) is 1. The summed E-state index contributed by atoms with van der Waals surface area (Å²) < 4.78 is 11.0. The first-order valence-corrected chi connectivity index (χ1v) is 9.55. The Kier molecular flexibility index (Phi) is 6.35. The highest BCUT2D eigenvalue weighted by molar-refractivity contribution is 5.85. The van der Waals surface area contributed by atoms with E-state index in [9.17, 15) is 4.79 Å². The van der Waals surface area contributed by atoms with Crippen molar-refractivity contribution in [1.82, 2.24) is 10.2 Å². The molecule has 3 rings (SSSR count). The van der Waals surface area contributed by atoms with Gasteiger partial charge in [-0.2, -0.15) is 0 Å². The lowest BCUT2D eigenvalue weighted by atomic mass is 9.99. The number of rotatable bonds is 8. The van der Waals surface area contributed by atoms with E-state index < -0.39 is 0 Å². The molecular weight excluding hydrogens is 340 g/mol. The van der Waals surface area contributed by atoms with Gasteiger partial charge in [0, 0.05) is 12.1 Å². The monoisotopic (exact) mass is 368 g/mol. The first kappa shape index (κ1) is 19.2. The lowest BCUT2D eigenvalue weighted by Gasteiger charge is -2.30. The molecule has 27 heavy (non-hydrogen) atoms. The number of amides is 1. The molecule has 1 aliphatic heterocycles. The van der Waals surface area contributed by atoms with E-state index in [-0.39, 0.29) is 17.9 Å². The van der Waals surface area contributed by atoms with Crippen molar-refractivity contribution in [2.75, 3.05) is 33.4 Å². The van der Waals surface area contributed by atoms with Gasteiger partial charge in [0.05, 0.1) is 13.2 Å². The number of carbonyl (C=O) groups is 1. The summed E-state index contributed by atoms with van der Waals surface area (Å²) in [5.74, 6) is 1.41. The molecule has 0 fully saturated rings. The maximum absolute atomic E-state index is 12.8. The van der Waals surface area contributed by atoms with Crippen LogP contribution in [0.2, 0.25) is 0 Å². The second-order valence-corrected chi connectivity index (χ2v) is 6.66. The molecule has 5 nitrogen and oxygen atoms in total. The molecule has 0 saturated carbocycles. The Hall–Kier alpha value is -2.53. The largest absolute Gasteiger partial charge is 0.497 e. The quantitative estimate of drug-likeness (QED) is 0.776.